The van der Waals surface area contributed by atoms with Crippen LogP contribution in [0.1, 0.15) is 35.6 Å². The van der Waals surface area contributed by atoms with E-state index in [1.165, 1.54) is 7.05 Å². The van der Waals surface area contributed by atoms with E-state index in [2.05, 4.69) is 5.32 Å². The van der Waals surface area contributed by atoms with Crippen LogP contribution in [0.4, 0.5) is 26.3 Å². The lowest BCUT2D eigenvalue weighted by Gasteiger charge is -2.20. The highest BCUT2D eigenvalue weighted by molar-refractivity contribution is 5.36. The third kappa shape index (κ3) is 3.26. The second-order valence-electron chi connectivity index (χ2n) is 4.94. The molecule has 2 rings (SSSR count). The third-order valence-corrected chi connectivity index (χ3v) is 3.37. The molecule has 1 aromatic rings. The molecule has 0 amide bonds. The first-order valence-corrected chi connectivity index (χ1v) is 6.09. The van der Waals surface area contributed by atoms with Crippen molar-refractivity contribution in [3.05, 3.63) is 34.9 Å². The van der Waals surface area contributed by atoms with Crippen LogP contribution in [0.3, 0.4) is 0 Å². The average Bonchev–Trinajstić information content (AvgIpc) is 3.12. The topological polar surface area (TPSA) is 12.0 Å². The normalized spacial score (nSPS) is 18.1. The fourth-order valence-electron chi connectivity index (χ4n) is 2.26. The molecule has 0 aromatic heterocycles. The molecular formula is C13H13F6N. The lowest BCUT2D eigenvalue weighted by molar-refractivity contribution is -0.143. The van der Waals surface area contributed by atoms with Crippen molar-refractivity contribution in [1.82, 2.24) is 5.32 Å². The van der Waals surface area contributed by atoms with E-state index >= 15 is 0 Å². The molecule has 1 N–H and O–H groups in total. The molecule has 0 saturated heterocycles. The van der Waals surface area contributed by atoms with Crippen LogP contribution >= 0.6 is 0 Å². The molecule has 7 heteroatoms. The molecule has 112 valence electrons. The number of hydrogen-bond donors (Lipinski definition) is 1. The minimum absolute atomic E-state index is 0.0390. The summed E-state index contributed by atoms with van der Waals surface area (Å²) in [5.74, 6) is 0.101. The number of rotatable bonds is 3. The number of nitrogens with one attached hydrogen (secondary N) is 1. The van der Waals surface area contributed by atoms with E-state index in [0.29, 0.717) is 0 Å². The standard InChI is InChI=1S/C13H13F6N/c1-20-11(7-2-3-7)8-4-9(12(14,15)16)6-10(5-8)13(17,18)19/h4-7,11,20H,2-3H2,1H3. The number of benzene rings is 1. The summed E-state index contributed by atoms with van der Waals surface area (Å²) >= 11 is 0. The summed E-state index contributed by atoms with van der Waals surface area (Å²) in [6.45, 7) is 0. The maximum atomic E-state index is 12.7. The van der Waals surface area contributed by atoms with Crippen molar-refractivity contribution >= 4 is 0 Å². The smallest absolute Gasteiger partial charge is 0.313 e. The van der Waals surface area contributed by atoms with Crippen LogP contribution in [0.15, 0.2) is 18.2 Å². The van der Waals surface area contributed by atoms with Crippen molar-refractivity contribution in [2.45, 2.75) is 31.2 Å². The lowest BCUT2D eigenvalue weighted by atomic mass is 9.97. The first kappa shape index (κ1) is 15.2. The highest BCUT2D eigenvalue weighted by atomic mass is 19.4. The van der Waals surface area contributed by atoms with Crippen LogP contribution < -0.4 is 5.32 Å². The van der Waals surface area contributed by atoms with Gasteiger partial charge in [-0.1, -0.05) is 0 Å². The fourth-order valence-corrected chi connectivity index (χ4v) is 2.26. The quantitative estimate of drug-likeness (QED) is 0.816. The van der Waals surface area contributed by atoms with Crippen molar-refractivity contribution in [3.63, 3.8) is 0 Å². The maximum Gasteiger partial charge on any atom is 0.416 e. The van der Waals surface area contributed by atoms with Gasteiger partial charge in [0.05, 0.1) is 11.1 Å². The Morgan fingerprint density at radius 2 is 1.40 bits per heavy atom. The maximum absolute atomic E-state index is 12.7. The Kier molecular flexibility index (Phi) is 3.75. The van der Waals surface area contributed by atoms with Crippen LogP contribution in [0, 0.1) is 5.92 Å². The molecule has 1 unspecified atom stereocenters. The molecule has 0 aliphatic heterocycles. The first-order chi connectivity index (χ1) is 9.13. The van der Waals surface area contributed by atoms with Gasteiger partial charge in [-0.25, -0.2) is 0 Å². The number of halogens is 6. The van der Waals surface area contributed by atoms with Gasteiger partial charge in [-0.15, -0.1) is 0 Å². The first-order valence-electron chi connectivity index (χ1n) is 6.09. The zero-order valence-corrected chi connectivity index (χ0v) is 10.6. The molecule has 1 nitrogen and oxygen atoms in total. The van der Waals surface area contributed by atoms with Crippen molar-refractivity contribution in [2.75, 3.05) is 7.05 Å². The largest absolute Gasteiger partial charge is 0.416 e. The zero-order chi connectivity index (χ0) is 15.1. The van der Waals surface area contributed by atoms with Gasteiger partial charge in [0.15, 0.2) is 0 Å². The Morgan fingerprint density at radius 3 is 1.70 bits per heavy atom. The number of hydrogen-bond acceptors (Lipinski definition) is 1. The highest BCUT2D eigenvalue weighted by Crippen LogP contribution is 2.43. The van der Waals surface area contributed by atoms with E-state index in [1.807, 2.05) is 0 Å². The van der Waals surface area contributed by atoms with Crippen LogP contribution in [0.5, 0.6) is 0 Å². The molecule has 1 aliphatic carbocycles. The summed E-state index contributed by atoms with van der Waals surface area (Å²) in [5.41, 5.74) is -2.48. The van der Waals surface area contributed by atoms with Crippen LogP contribution in [-0.2, 0) is 12.4 Å². The van der Waals surface area contributed by atoms with Gasteiger partial charge in [0.1, 0.15) is 0 Å². The summed E-state index contributed by atoms with van der Waals surface area (Å²) in [5, 5.41) is 2.80. The summed E-state index contributed by atoms with van der Waals surface area (Å²) in [6, 6.07) is 1.28. The predicted molar refractivity (Wildman–Crippen MR) is 61.0 cm³/mol. The average molecular weight is 297 g/mol. The molecule has 1 saturated carbocycles. The molecular weight excluding hydrogens is 284 g/mol. The SMILES string of the molecule is CNC(c1cc(C(F)(F)F)cc(C(F)(F)F)c1)C1CC1. The molecule has 1 aromatic carbocycles. The Balaban J connectivity index is 2.50. The summed E-state index contributed by atoms with van der Waals surface area (Å²) < 4.78 is 76.4. The Hall–Kier alpha value is -1.24. The predicted octanol–water partition coefficient (Wildman–Crippen LogP) is 4.39. The summed E-state index contributed by atoms with van der Waals surface area (Å²) in [7, 11) is 1.54. The zero-order valence-electron chi connectivity index (χ0n) is 10.6. The van der Waals surface area contributed by atoms with Crippen LogP contribution in [0.25, 0.3) is 0 Å². The van der Waals surface area contributed by atoms with Gasteiger partial charge in [-0.2, -0.15) is 26.3 Å². The van der Waals surface area contributed by atoms with Crippen LogP contribution in [-0.4, -0.2) is 7.05 Å². The van der Waals surface area contributed by atoms with Gasteiger partial charge < -0.3 is 5.32 Å². The second kappa shape index (κ2) is 4.95. The Bertz CT molecular complexity index is 454. The van der Waals surface area contributed by atoms with E-state index in [0.717, 1.165) is 25.0 Å². The van der Waals surface area contributed by atoms with Gasteiger partial charge in [0.2, 0.25) is 0 Å². The summed E-state index contributed by atoms with van der Waals surface area (Å²) in [4.78, 5) is 0. The molecule has 0 heterocycles. The molecule has 20 heavy (non-hydrogen) atoms. The monoisotopic (exact) mass is 297 g/mol. The van der Waals surface area contributed by atoms with Gasteiger partial charge in [-0.05, 0) is 49.6 Å². The molecule has 0 radical (unpaired) electrons. The minimum Gasteiger partial charge on any atom is -0.313 e. The van der Waals surface area contributed by atoms with E-state index in [4.69, 9.17) is 0 Å². The van der Waals surface area contributed by atoms with Crippen molar-refractivity contribution in [2.24, 2.45) is 5.92 Å². The van der Waals surface area contributed by atoms with Crippen molar-refractivity contribution in [3.8, 4) is 0 Å². The van der Waals surface area contributed by atoms with E-state index in [-0.39, 0.29) is 17.5 Å². The third-order valence-electron chi connectivity index (χ3n) is 3.37. The second-order valence-corrected chi connectivity index (χ2v) is 4.94. The van der Waals surface area contributed by atoms with E-state index in [1.54, 1.807) is 0 Å². The van der Waals surface area contributed by atoms with Gasteiger partial charge in [0, 0.05) is 6.04 Å². The van der Waals surface area contributed by atoms with E-state index < -0.39 is 29.5 Å². The van der Waals surface area contributed by atoms with Crippen molar-refractivity contribution in [1.29, 1.82) is 0 Å². The number of alkyl halides is 6. The van der Waals surface area contributed by atoms with Gasteiger partial charge in [-0.3, -0.25) is 0 Å². The fraction of sp³-hybridized carbons (Fsp3) is 0.538. The molecule has 1 atom stereocenters. The molecule has 1 fully saturated rings. The minimum atomic E-state index is -4.79. The van der Waals surface area contributed by atoms with Crippen LogP contribution in [0.2, 0.25) is 0 Å². The van der Waals surface area contributed by atoms with E-state index in [9.17, 15) is 26.3 Å². The lowest BCUT2D eigenvalue weighted by Crippen LogP contribution is -2.20. The van der Waals surface area contributed by atoms with Crippen molar-refractivity contribution < 1.29 is 26.3 Å². The molecule has 0 spiro atoms. The molecule has 0 bridgehead atoms. The van der Waals surface area contributed by atoms with Gasteiger partial charge >= 0.3 is 12.4 Å². The highest BCUT2D eigenvalue weighted by Gasteiger charge is 2.39. The summed E-state index contributed by atoms with van der Waals surface area (Å²) in [6.07, 6.45) is -7.97. The Morgan fingerprint density at radius 1 is 0.950 bits per heavy atom. The van der Waals surface area contributed by atoms with Gasteiger partial charge in [0.25, 0.3) is 0 Å². The Labute approximate surface area is 112 Å². The molecule has 1 aliphatic rings.